The van der Waals surface area contributed by atoms with Crippen molar-refractivity contribution in [3.05, 3.63) is 146 Å². The van der Waals surface area contributed by atoms with Gasteiger partial charge in [0, 0.05) is 0 Å². The number of aryl methyl sites for hydroxylation is 5. The number of nitrogens with zero attached hydrogens (tertiary/aromatic N) is 5. The third-order valence-corrected chi connectivity index (χ3v) is 11.8. The summed E-state index contributed by atoms with van der Waals surface area (Å²) in [5, 5.41) is 1.14. The average Bonchev–Trinajstić information content (AvgIpc) is 3.96. The van der Waals surface area contributed by atoms with Crippen molar-refractivity contribution in [2.45, 2.75) is 34.6 Å². The van der Waals surface area contributed by atoms with Gasteiger partial charge in [-0.15, -0.1) is 56.7 Å². The maximum atomic E-state index is 4.33. The second kappa shape index (κ2) is 17.0. The monoisotopic (exact) mass is 745 g/mol. The van der Waals surface area contributed by atoms with Gasteiger partial charge in [-0.25, -0.2) is 24.9 Å². The van der Waals surface area contributed by atoms with Gasteiger partial charge in [0.2, 0.25) is 0 Å². The molecule has 10 rings (SSSR count). The van der Waals surface area contributed by atoms with E-state index < -0.39 is 0 Å². The van der Waals surface area contributed by atoms with Crippen molar-refractivity contribution in [3.63, 3.8) is 0 Å². The molecule has 0 saturated carbocycles. The summed E-state index contributed by atoms with van der Waals surface area (Å²) in [6, 6.07) is 33.3. The van der Waals surface area contributed by atoms with Gasteiger partial charge in [-0.3, -0.25) is 0 Å². The van der Waals surface area contributed by atoms with E-state index in [1.807, 2.05) is 59.3 Å². The molecule has 0 radical (unpaired) electrons. The number of para-hydroxylation sites is 2. The predicted octanol–water partition coefficient (Wildman–Crippen LogP) is 13.0. The van der Waals surface area contributed by atoms with E-state index in [2.05, 4.69) is 119 Å². The predicted molar refractivity (Wildman–Crippen MR) is 222 cm³/mol. The number of benzene rings is 5. The Bertz CT molecular complexity index is 2410. The fourth-order valence-electron chi connectivity index (χ4n) is 4.97. The average molecular weight is 746 g/mol. The molecule has 50 heavy (non-hydrogen) atoms. The molecule has 0 atom stereocenters. The maximum Gasteiger partial charge on any atom is 0.0907 e. The van der Waals surface area contributed by atoms with E-state index in [1.165, 1.54) is 45.8 Å². The molecule has 10 aromatic rings. The van der Waals surface area contributed by atoms with Gasteiger partial charge in [0.05, 0.1) is 78.1 Å². The van der Waals surface area contributed by atoms with Gasteiger partial charge in [-0.2, -0.15) is 0 Å². The van der Waals surface area contributed by atoms with Gasteiger partial charge in [0.1, 0.15) is 0 Å². The fourth-order valence-corrected chi connectivity index (χ4v) is 8.76. The summed E-state index contributed by atoms with van der Waals surface area (Å²) in [6.45, 7) is 10.4. The molecule has 0 fully saturated rings. The van der Waals surface area contributed by atoms with Crippen LogP contribution in [0.15, 0.2) is 119 Å². The first-order valence-corrected chi connectivity index (χ1v) is 20.2. The standard InChI is InChI=1S/5C8H7NS/c1-6-2-3-8-7(4-6)9-5-10-8;1-6-2-3-7-8(4-6)10-5-9-7;1-6-3-2-4-7-8(6)9-5-10-7;1-6-3-2-4-7-8(6)10-5-9-7;1-6-9-7-4-2-3-5-8(7)10-6/h5*2-5H,1H3. The third-order valence-electron chi connectivity index (χ3n) is 7.49. The fraction of sp³-hybridized carbons (Fsp3) is 0.125. The molecular formula is C40H35N5S5. The molecule has 0 spiro atoms. The topological polar surface area (TPSA) is 64.5 Å². The van der Waals surface area contributed by atoms with Crippen molar-refractivity contribution in [2.24, 2.45) is 0 Å². The zero-order valence-corrected chi connectivity index (χ0v) is 32.4. The molecule has 5 nitrogen and oxygen atoms in total. The number of hydrogen-bond acceptors (Lipinski definition) is 10. The van der Waals surface area contributed by atoms with Gasteiger partial charge >= 0.3 is 0 Å². The van der Waals surface area contributed by atoms with E-state index in [0.717, 1.165) is 32.6 Å². The zero-order chi connectivity index (χ0) is 34.9. The number of rotatable bonds is 0. The number of thiazole rings is 5. The van der Waals surface area contributed by atoms with Crippen LogP contribution in [0.2, 0.25) is 0 Å². The first-order chi connectivity index (χ1) is 24.3. The van der Waals surface area contributed by atoms with Crippen LogP contribution in [0.1, 0.15) is 27.3 Å². The summed E-state index contributed by atoms with van der Waals surface area (Å²) in [4.78, 5) is 21.1. The summed E-state index contributed by atoms with van der Waals surface area (Å²) >= 11 is 8.51. The van der Waals surface area contributed by atoms with Crippen LogP contribution >= 0.6 is 56.7 Å². The van der Waals surface area contributed by atoms with Crippen LogP contribution in [0.3, 0.4) is 0 Å². The van der Waals surface area contributed by atoms with E-state index in [0.29, 0.717) is 0 Å². The summed E-state index contributed by atoms with van der Waals surface area (Å²) in [7, 11) is 0. The zero-order valence-electron chi connectivity index (χ0n) is 28.3. The molecule has 5 aromatic carbocycles. The highest BCUT2D eigenvalue weighted by atomic mass is 32.1. The Kier molecular flexibility index (Phi) is 12.0. The first kappa shape index (κ1) is 35.4. The summed E-state index contributed by atoms with van der Waals surface area (Å²) < 4.78 is 6.41. The van der Waals surface area contributed by atoms with Crippen molar-refractivity contribution < 1.29 is 0 Å². The summed E-state index contributed by atoms with van der Waals surface area (Å²) in [5.41, 5.74) is 18.3. The molecule has 0 N–H and O–H groups in total. The molecule has 5 heterocycles. The van der Waals surface area contributed by atoms with E-state index in [9.17, 15) is 0 Å². The lowest BCUT2D eigenvalue weighted by atomic mass is 10.2. The molecular weight excluding hydrogens is 711 g/mol. The van der Waals surface area contributed by atoms with Crippen molar-refractivity contribution in [2.75, 3.05) is 0 Å². The van der Waals surface area contributed by atoms with E-state index in [1.54, 1.807) is 56.7 Å². The highest BCUT2D eigenvalue weighted by molar-refractivity contribution is 7.18. The molecule has 0 bridgehead atoms. The Balaban J connectivity index is 0.000000108. The minimum Gasteiger partial charge on any atom is -0.245 e. The lowest BCUT2D eigenvalue weighted by Gasteiger charge is -1.90. The minimum absolute atomic E-state index is 1.11. The van der Waals surface area contributed by atoms with Gasteiger partial charge in [-0.05, 0) is 105 Å². The SMILES string of the molecule is Cc1ccc2ncsc2c1.Cc1ccc2scnc2c1.Cc1cccc2ncsc12.Cc1cccc2scnc12.Cc1nc2ccccc2s1. The smallest absolute Gasteiger partial charge is 0.0907 e. The quantitative estimate of drug-likeness (QED) is 0.155. The van der Waals surface area contributed by atoms with Crippen LogP contribution in [0.25, 0.3) is 51.1 Å². The highest BCUT2D eigenvalue weighted by Crippen LogP contribution is 2.22. The normalized spacial score (nSPS) is 10.5. The molecule has 0 aliphatic heterocycles. The van der Waals surface area contributed by atoms with Crippen LogP contribution in [0.4, 0.5) is 0 Å². The van der Waals surface area contributed by atoms with Crippen LogP contribution in [0.5, 0.6) is 0 Å². The van der Waals surface area contributed by atoms with Crippen molar-refractivity contribution in [1.82, 2.24) is 24.9 Å². The number of fused-ring (bicyclic) bond motifs is 5. The third kappa shape index (κ3) is 9.21. The van der Waals surface area contributed by atoms with Gasteiger partial charge in [0.15, 0.2) is 0 Å². The lowest BCUT2D eigenvalue weighted by Crippen LogP contribution is -1.72. The molecule has 10 heteroatoms. The first-order valence-electron chi connectivity index (χ1n) is 15.8. The van der Waals surface area contributed by atoms with Crippen molar-refractivity contribution >= 4 is 108 Å². The molecule has 0 aliphatic rings. The van der Waals surface area contributed by atoms with Crippen LogP contribution < -0.4 is 0 Å². The van der Waals surface area contributed by atoms with Crippen LogP contribution in [0, 0.1) is 34.6 Å². The van der Waals surface area contributed by atoms with Crippen LogP contribution in [-0.4, -0.2) is 24.9 Å². The van der Waals surface area contributed by atoms with Crippen molar-refractivity contribution in [3.8, 4) is 0 Å². The van der Waals surface area contributed by atoms with Gasteiger partial charge in [-0.1, -0.05) is 48.5 Å². The Morgan fingerprint density at radius 1 is 0.420 bits per heavy atom. The van der Waals surface area contributed by atoms with E-state index in [-0.39, 0.29) is 0 Å². The molecule has 0 unspecified atom stereocenters. The highest BCUT2D eigenvalue weighted by Gasteiger charge is 1.98. The van der Waals surface area contributed by atoms with Gasteiger partial charge in [0.25, 0.3) is 0 Å². The maximum absolute atomic E-state index is 4.33. The Morgan fingerprint density at radius 2 is 1.04 bits per heavy atom. The second-order valence-corrected chi connectivity index (χ2v) is 16.1. The molecule has 0 amide bonds. The second-order valence-electron chi connectivity index (χ2n) is 11.4. The molecule has 0 aliphatic carbocycles. The molecule has 250 valence electrons. The minimum atomic E-state index is 1.11. The number of hydrogen-bond donors (Lipinski definition) is 0. The molecule has 5 aromatic heterocycles. The summed E-state index contributed by atoms with van der Waals surface area (Å²) in [5.74, 6) is 0. The Labute approximate surface area is 311 Å². The van der Waals surface area contributed by atoms with E-state index in [4.69, 9.17) is 0 Å². The van der Waals surface area contributed by atoms with Crippen molar-refractivity contribution in [1.29, 1.82) is 0 Å². The van der Waals surface area contributed by atoms with E-state index >= 15 is 0 Å². The Morgan fingerprint density at radius 3 is 1.86 bits per heavy atom. The Hall–Kier alpha value is -4.45. The summed E-state index contributed by atoms with van der Waals surface area (Å²) in [6.07, 6.45) is 0. The van der Waals surface area contributed by atoms with Gasteiger partial charge < -0.3 is 0 Å². The largest absolute Gasteiger partial charge is 0.245 e. The molecule has 0 saturated heterocycles. The van der Waals surface area contributed by atoms with Crippen LogP contribution in [-0.2, 0) is 0 Å². The lowest BCUT2D eigenvalue weighted by molar-refractivity contribution is 1.35. The number of aromatic nitrogens is 5.